The maximum absolute atomic E-state index is 3.64. The van der Waals surface area contributed by atoms with Crippen molar-refractivity contribution in [3.63, 3.8) is 0 Å². The number of rotatable bonds is 6. The molecule has 0 bridgehead atoms. The Morgan fingerprint density at radius 1 is 1.06 bits per heavy atom. The van der Waals surface area contributed by atoms with Crippen molar-refractivity contribution in [3.05, 3.63) is 0 Å². The molecule has 1 aliphatic rings. The van der Waals surface area contributed by atoms with E-state index in [9.17, 15) is 0 Å². The second-order valence-electron chi connectivity index (χ2n) is 6.77. The normalized spacial score (nSPS) is 31.8. The predicted octanol–water partition coefficient (Wildman–Crippen LogP) is 4.47. The van der Waals surface area contributed by atoms with Crippen LogP contribution in [-0.4, -0.2) is 12.6 Å². The van der Waals surface area contributed by atoms with Gasteiger partial charge in [-0.05, 0) is 62.3 Å². The lowest BCUT2D eigenvalue weighted by atomic mass is 9.74. The molecule has 3 unspecified atom stereocenters. The van der Waals surface area contributed by atoms with E-state index in [2.05, 4.69) is 39.9 Å². The van der Waals surface area contributed by atoms with Gasteiger partial charge in [0.25, 0.3) is 0 Å². The Morgan fingerprint density at radius 2 is 1.65 bits per heavy atom. The molecule has 1 heteroatoms. The van der Waals surface area contributed by atoms with E-state index in [1.54, 1.807) is 0 Å². The highest BCUT2D eigenvalue weighted by molar-refractivity contribution is 4.78. The van der Waals surface area contributed by atoms with Crippen LogP contribution in [0.3, 0.4) is 0 Å². The zero-order chi connectivity index (χ0) is 12.8. The van der Waals surface area contributed by atoms with Gasteiger partial charge in [-0.25, -0.2) is 0 Å². The standard InChI is InChI=1S/C16H33N/c1-6-17-16(12(2)3)8-7-15-10-13(4)9-14(5)11-15/h12-17H,6-11H2,1-5H3. The molecule has 102 valence electrons. The average molecular weight is 239 g/mol. The molecule has 3 atom stereocenters. The van der Waals surface area contributed by atoms with Gasteiger partial charge in [0, 0.05) is 6.04 Å². The molecule has 1 rings (SSSR count). The largest absolute Gasteiger partial charge is 0.314 e. The van der Waals surface area contributed by atoms with Crippen LogP contribution in [-0.2, 0) is 0 Å². The molecular weight excluding hydrogens is 206 g/mol. The van der Waals surface area contributed by atoms with Crippen molar-refractivity contribution in [2.75, 3.05) is 6.54 Å². The van der Waals surface area contributed by atoms with Crippen molar-refractivity contribution < 1.29 is 0 Å². The average Bonchev–Trinajstić information content (AvgIpc) is 2.22. The van der Waals surface area contributed by atoms with Crippen LogP contribution in [0.1, 0.15) is 66.7 Å². The Labute approximate surface area is 109 Å². The van der Waals surface area contributed by atoms with Crippen molar-refractivity contribution in [2.45, 2.75) is 72.8 Å². The van der Waals surface area contributed by atoms with E-state index in [4.69, 9.17) is 0 Å². The minimum atomic E-state index is 0.729. The summed E-state index contributed by atoms with van der Waals surface area (Å²) in [5.41, 5.74) is 0. The smallest absolute Gasteiger partial charge is 0.00900 e. The van der Waals surface area contributed by atoms with Gasteiger partial charge in [-0.15, -0.1) is 0 Å². The highest BCUT2D eigenvalue weighted by atomic mass is 14.9. The third-order valence-electron chi connectivity index (χ3n) is 4.43. The van der Waals surface area contributed by atoms with E-state index in [0.29, 0.717) is 0 Å². The lowest BCUT2D eigenvalue weighted by Gasteiger charge is -2.33. The van der Waals surface area contributed by atoms with Crippen LogP contribution in [0.25, 0.3) is 0 Å². The first-order valence-corrected chi connectivity index (χ1v) is 7.76. The van der Waals surface area contributed by atoms with Gasteiger partial charge in [-0.2, -0.15) is 0 Å². The van der Waals surface area contributed by atoms with Crippen LogP contribution >= 0.6 is 0 Å². The molecule has 0 spiro atoms. The fourth-order valence-electron chi connectivity index (χ4n) is 3.70. The molecule has 0 aromatic heterocycles. The lowest BCUT2D eigenvalue weighted by molar-refractivity contribution is 0.198. The van der Waals surface area contributed by atoms with Crippen molar-refractivity contribution in [2.24, 2.45) is 23.7 Å². The summed E-state index contributed by atoms with van der Waals surface area (Å²) in [5.74, 6) is 3.68. The topological polar surface area (TPSA) is 12.0 Å². The molecule has 17 heavy (non-hydrogen) atoms. The van der Waals surface area contributed by atoms with Gasteiger partial charge < -0.3 is 5.32 Å². The second-order valence-corrected chi connectivity index (χ2v) is 6.77. The Morgan fingerprint density at radius 3 is 2.12 bits per heavy atom. The summed E-state index contributed by atoms with van der Waals surface area (Å²) in [5, 5.41) is 3.64. The van der Waals surface area contributed by atoms with E-state index in [0.717, 1.165) is 36.3 Å². The van der Waals surface area contributed by atoms with Crippen LogP contribution in [0, 0.1) is 23.7 Å². The monoisotopic (exact) mass is 239 g/mol. The second kappa shape index (κ2) is 7.41. The summed E-state index contributed by atoms with van der Waals surface area (Å²) in [6.45, 7) is 12.9. The van der Waals surface area contributed by atoms with Gasteiger partial charge in [-0.1, -0.05) is 34.6 Å². The van der Waals surface area contributed by atoms with E-state index < -0.39 is 0 Å². The van der Waals surface area contributed by atoms with Crippen molar-refractivity contribution in [3.8, 4) is 0 Å². The minimum absolute atomic E-state index is 0.729. The minimum Gasteiger partial charge on any atom is -0.314 e. The summed E-state index contributed by atoms with van der Waals surface area (Å²) < 4.78 is 0. The number of hydrogen-bond donors (Lipinski definition) is 1. The first-order chi connectivity index (χ1) is 8.02. The van der Waals surface area contributed by atoms with Crippen molar-refractivity contribution >= 4 is 0 Å². The lowest BCUT2D eigenvalue weighted by Crippen LogP contribution is -2.34. The molecule has 0 aromatic carbocycles. The van der Waals surface area contributed by atoms with Crippen LogP contribution in [0.5, 0.6) is 0 Å². The van der Waals surface area contributed by atoms with Crippen molar-refractivity contribution in [1.82, 2.24) is 5.32 Å². The van der Waals surface area contributed by atoms with Gasteiger partial charge in [0.15, 0.2) is 0 Å². The molecule has 0 heterocycles. The Kier molecular flexibility index (Phi) is 6.54. The molecule has 0 aromatic rings. The van der Waals surface area contributed by atoms with E-state index in [1.807, 2.05) is 0 Å². The molecule has 0 amide bonds. The highest BCUT2D eigenvalue weighted by Gasteiger charge is 2.24. The maximum Gasteiger partial charge on any atom is 0.00900 e. The predicted molar refractivity (Wildman–Crippen MR) is 77.2 cm³/mol. The van der Waals surface area contributed by atoms with Crippen LogP contribution in [0.15, 0.2) is 0 Å². The molecule has 0 radical (unpaired) electrons. The Hall–Kier alpha value is -0.0400. The van der Waals surface area contributed by atoms with Gasteiger partial charge in [0.1, 0.15) is 0 Å². The van der Waals surface area contributed by atoms with Crippen LogP contribution in [0.4, 0.5) is 0 Å². The van der Waals surface area contributed by atoms with Gasteiger partial charge in [0.2, 0.25) is 0 Å². The number of hydrogen-bond acceptors (Lipinski definition) is 1. The third-order valence-corrected chi connectivity index (χ3v) is 4.43. The first-order valence-electron chi connectivity index (χ1n) is 7.76. The molecular formula is C16H33N. The fraction of sp³-hybridized carbons (Fsp3) is 1.00. The van der Waals surface area contributed by atoms with Crippen LogP contribution < -0.4 is 5.32 Å². The molecule has 1 N–H and O–H groups in total. The highest BCUT2D eigenvalue weighted by Crippen LogP contribution is 2.35. The summed E-state index contributed by atoms with van der Waals surface area (Å²) in [6.07, 6.45) is 7.21. The number of nitrogens with one attached hydrogen (secondary N) is 1. The molecule has 1 saturated carbocycles. The van der Waals surface area contributed by atoms with Crippen LogP contribution in [0.2, 0.25) is 0 Å². The van der Waals surface area contributed by atoms with Gasteiger partial charge in [0.05, 0.1) is 0 Å². The molecule has 1 aliphatic carbocycles. The summed E-state index contributed by atoms with van der Waals surface area (Å²) in [4.78, 5) is 0. The summed E-state index contributed by atoms with van der Waals surface area (Å²) >= 11 is 0. The quantitative estimate of drug-likeness (QED) is 0.721. The third kappa shape index (κ3) is 5.42. The Bertz CT molecular complexity index is 190. The molecule has 0 aliphatic heterocycles. The van der Waals surface area contributed by atoms with Gasteiger partial charge >= 0.3 is 0 Å². The molecule has 0 saturated heterocycles. The van der Waals surface area contributed by atoms with E-state index >= 15 is 0 Å². The first kappa shape index (κ1) is 15.0. The Balaban J connectivity index is 2.32. The van der Waals surface area contributed by atoms with E-state index in [1.165, 1.54) is 32.1 Å². The summed E-state index contributed by atoms with van der Waals surface area (Å²) in [7, 11) is 0. The van der Waals surface area contributed by atoms with E-state index in [-0.39, 0.29) is 0 Å². The van der Waals surface area contributed by atoms with Gasteiger partial charge in [-0.3, -0.25) is 0 Å². The zero-order valence-corrected chi connectivity index (χ0v) is 12.6. The summed E-state index contributed by atoms with van der Waals surface area (Å²) in [6, 6.07) is 0.729. The molecule has 1 fully saturated rings. The fourth-order valence-corrected chi connectivity index (χ4v) is 3.70. The van der Waals surface area contributed by atoms with Crippen molar-refractivity contribution in [1.29, 1.82) is 0 Å². The zero-order valence-electron chi connectivity index (χ0n) is 12.6. The maximum atomic E-state index is 3.64. The molecule has 1 nitrogen and oxygen atoms in total. The SMILES string of the molecule is CCNC(CCC1CC(C)CC(C)C1)C(C)C.